The third-order valence-corrected chi connectivity index (χ3v) is 11.5. The summed E-state index contributed by atoms with van der Waals surface area (Å²) in [6, 6.07) is 49.1. The van der Waals surface area contributed by atoms with E-state index in [2.05, 4.69) is 156 Å². The molecule has 2 heteroatoms. The zero-order chi connectivity index (χ0) is 28.9. The molecule has 1 atom stereocenters. The van der Waals surface area contributed by atoms with Gasteiger partial charge in [0.25, 0.3) is 0 Å². The zero-order valence-electron chi connectivity index (χ0n) is 23.9. The Balaban J connectivity index is 1.68. The number of hydrogen-bond donors (Lipinski definition) is 0. The largest absolute Gasteiger partial charge is 0.126 e. The highest BCUT2D eigenvalue weighted by molar-refractivity contribution is 7.72. The molecule has 6 aromatic carbocycles. The van der Waals surface area contributed by atoms with Crippen LogP contribution in [-0.4, -0.2) is 0 Å². The molecule has 0 heterocycles. The van der Waals surface area contributed by atoms with Crippen molar-refractivity contribution in [2.45, 2.75) is 24.2 Å². The van der Waals surface area contributed by atoms with Gasteiger partial charge in [-0.15, -0.1) is 22.4 Å². The molecule has 1 unspecified atom stereocenters. The summed E-state index contributed by atoms with van der Waals surface area (Å²) in [6.45, 7) is 8.29. The monoisotopic (exact) mass is 578 g/mol. The van der Waals surface area contributed by atoms with E-state index in [1.165, 1.54) is 54.4 Å². The van der Waals surface area contributed by atoms with E-state index in [0.717, 1.165) is 19.0 Å². The van der Waals surface area contributed by atoms with Crippen molar-refractivity contribution in [3.8, 4) is 11.1 Å². The molecule has 42 heavy (non-hydrogen) atoms. The summed E-state index contributed by atoms with van der Waals surface area (Å²) in [6.07, 6.45) is 6.73. The lowest BCUT2D eigenvalue weighted by atomic mass is 9.80. The number of rotatable bonds is 10. The van der Waals surface area contributed by atoms with Crippen LogP contribution in [0.4, 0.5) is 0 Å². The van der Waals surface area contributed by atoms with E-state index < -0.39 is 7.92 Å². The van der Waals surface area contributed by atoms with Crippen molar-refractivity contribution in [2.75, 3.05) is 0 Å². The molecule has 0 fully saturated rings. The van der Waals surface area contributed by atoms with Crippen LogP contribution in [0.3, 0.4) is 0 Å². The number of benzene rings is 6. The van der Waals surface area contributed by atoms with Crippen LogP contribution in [0, 0.1) is 0 Å². The predicted molar refractivity (Wildman–Crippen MR) is 191 cm³/mol. The number of fused-ring (bicyclic) bond motifs is 2. The predicted octanol–water partition coefficient (Wildman–Crippen LogP) is 10.5. The van der Waals surface area contributed by atoms with Gasteiger partial charge in [-0.2, -0.15) is 0 Å². The molecule has 0 saturated carbocycles. The molecule has 0 saturated heterocycles. The number of allylic oxidation sites excluding steroid dienone is 2. The third kappa shape index (κ3) is 5.51. The third-order valence-electron chi connectivity index (χ3n) is 8.21. The van der Waals surface area contributed by atoms with Crippen molar-refractivity contribution in [3.05, 3.63) is 170 Å². The van der Waals surface area contributed by atoms with Crippen LogP contribution in [0.5, 0.6) is 0 Å². The molecular formula is C40H36P2. The van der Waals surface area contributed by atoms with Gasteiger partial charge in [0.2, 0.25) is 0 Å². The van der Waals surface area contributed by atoms with Gasteiger partial charge in [-0.1, -0.05) is 146 Å². The average molecular weight is 579 g/mol. The van der Waals surface area contributed by atoms with Crippen LogP contribution in [-0.2, 0) is 11.3 Å². The Labute approximate surface area is 253 Å². The highest BCUT2D eigenvalue weighted by Gasteiger charge is 2.30. The van der Waals surface area contributed by atoms with Crippen molar-refractivity contribution >= 4 is 49.3 Å². The van der Waals surface area contributed by atoms with E-state index in [-0.39, 0.29) is 5.16 Å². The molecule has 206 valence electrons. The minimum absolute atomic E-state index is 0.208. The molecule has 6 rings (SSSR count). The Hall–Kier alpha value is -3.82. The maximum absolute atomic E-state index is 4.15. The first-order valence-electron chi connectivity index (χ1n) is 14.5. The molecular weight excluding hydrogens is 542 g/mol. The summed E-state index contributed by atoms with van der Waals surface area (Å²) in [5, 5.41) is 7.70. The lowest BCUT2D eigenvalue weighted by Gasteiger charge is -2.32. The van der Waals surface area contributed by atoms with Gasteiger partial charge in [0.05, 0.1) is 0 Å². The molecule has 0 nitrogen and oxygen atoms in total. The summed E-state index contributed by atoms with van der Waals surface area (Å²) in [7, 11) is 2.57. The average Bonchev–Trinajstić information content (AvgIpc) is 3.04. The van der Waals surface area contributed by atoms with E-state index in [0.29, 0.717) is 0 Å². The fraction of sp³-hybridized carbons (Fsp3) is 0.100. The van der Waals surface area contributed by atoms with Crippen LogP contribution < -0.4 is 10.6 Å². The topological polar surface area (TPSA) is 0 Å². The second-order valence-corrected chi connectivity index (χ2v) is 14.2. The van der Waals surface area contributed by atoms with Crippen molar-refractivity contribution in [1.82, 2.24) is 0 Å². The SMILES string of the molecule is C=CCC(P)(CC=C)c1ccc2ccccc2c1-c1c(CP(c2ccccc2)c2ccccc2)ccc2ccccc12. The molecule has 0 amide bonds. The highest BCUT2D eigenvalue weighted by Crippen LogP contribution is 2.50. The standard InChI is InChI=1S/C40H36P2/c1-3-27-40(41,28-4-2)37-26-25-31-16-12-14-22-36(31)39(37)38-32(24-23-30-15-11-13-21-35(30)38)29-42(33-17-7-5-8-18-33)34-19-9-6-10-20-34/h3-26H,1-2,27-29,41H2. The molecule has 0 aliphatic carbocycles. The van der Waals surface area contributed by atoms with Crippen LogP contribution >= 0.6 is 17.2 Å². The Bertz CT molecular complexity index is 1800. The normalized spacial score (nSPS) is 11.7. The van der Waals surface area contributed by atoms with Crippen LogP contribution in [0.15, 0.2) is 159 Å². The maximum atomic E-state index is 4.15. The molecule has 0 spiro atoms. The zero-order valence-corrected chi connectivity index (χ0v) is 26.0. The van der Waals surface area contributed by atoms with Crippen LogP contribution in [0.1, 0.15) is 24.0 Å². The summed E-state index contributed by atoms with van der Waals surface area (Å²) in [5.74, 6) is 0. The lowest BCUT2D eigenvalue weighted by molar-refractivity contribution is 0.646. The maximum Gasteiger partial charge on any atom is 0.0172 e. The second-order valence-electron chi connectivity index (χ2n) is 10.9. The summed E-state index contributed by atoms with van der Waals surface area (Å²) in [4.78, 5) is 0. The van der Waals surface area contributed by atoms with Crippen molar-refractivity contribution in [1.29, 1.82) is 0 Å². The Morgan fingerprint density at radius 3 is 1.57 bits per heavy atom. The first-order valence-corrected chi connectivity index (χ1v) is 16.6. The molecule has 6 aromatic rings. The summed E-state index contributed by atoms with van der Waals surface area (Å²) in [5.41, 5.74) is 5.39. The highest BCUT2D eigenvalue weighted by atomic mass is 31.1. The van der Waals surface area contributed by atoms with Gasteiger partial charge in [0, 0.05) is 11.3 Å². The van der Waals surface area contributed by atoms with Gasteiger partial charge < -0.3 is 0 Å². The first-order chi connectivity index (χ1) is 20.6. The summed E-state index contributed by atoms with van der Waals surface area (Å²) < 4.78 is 0. The molecule has 0 aliphatic heterocycles. The molecule has 0 aromatic heterocycles. The van der Waals surface area contributed by atoms with E-state index in [1.54, 1.807) is 0 Å². The summed E-state index contributed by atoms with van der Waals surface area (Å²) >= 11 is 0. The van der Waals surface area contributed by atoms with Gasteiger partial charge in [-0.05, 0) is 75.2 Å². The quantitative estimate of drug-likeness (QED) is 0.112. The number of hydrogen-bond acceptors (Lipinski definition) is 0. The minimum Gasteiger partial charge on any atom is -0.126 e. The Morgan fingerprint density at radius 1 is 0.548 bits per heavy atom. The minimum atomic E-state index is -0.621. The van der Waals surface area contributed by atoms with Gasteiger partial charge in [0.15, 0.2) is 0 Å². The molecule has 0 bridgehead atoms. The lowest BCUT2D eigenvalue weighted by Crippen LogP contribution is -2.18. The fourth-order valence-corrected chi connectivity index (χ4v) is 9.14. The van der Waals surface area contributed by atoms with Crippen molar-refractivity contribution in [2.24, 2.45) is 0 Å². The molecule has 0 aliphatic rings. The first kappa shape index (κ1) is 28.3. The van der Waals surface area contributed by atoms with Gasteiger partial charge in [-0.3, -0.25) is 0 Å². The Kier molecular flexibility index (Phi) is 8.48. The van der Waals surface area contributed by atoms with Gasteiger partial charge in [-0.25, -0.2) is 0 Å². The van der Waals surface area contributed by atoms with Crippen molar-refractivity contribution < 1.29 is 0 Å². The van der Waals surface area contributed by atoms with E-state index in [1.807, 2.05) is 12.2 Å². The van der Waals surface area contributed by atoms with Crippen molar-refractivity contribution in [3.63, 3.8) is 0 Å². The van der Waals surface area contributed by atoms with E-state index in [9.17, 15) is 0 Å². The molecule has 0 N–H and O–H groups in total. The smallest absolute Gasteiger partial charge is 0.0172 e. The van der Waals surface area contributed by atoms with E-state index >= 15 is 0 Å². The Morgan fingerprint density at radius 2 is 1.02 bits per heavy atom. The fourth-order valence-electron chi connectivity index (χ4n) is 6.24. The molecule has 0 radical (unpaired) electrons. The van der Waals surface area contributed by atoms with Crippen LogP contribution in [0.2, 0.25) is 0 Å². The van der Waals surface area contributed by atoms with Gasteiger partial charge in [0.1, 0.15) is 0 Å². The second kappa shape index (κ2) is 12.6. The van der Waals surface area contributed by atoms with E-state index in [4.69, 9.17) is 0 Å². The van der Waals surface area contributed by atoms with Gasteiger partial charge >= 0.3 is 0 Å². The van der Waals surface area contributed by atoms with Crippen LogP contribution in [0.25, 0.3) is 32.7 Å².